The molecule has 1 heterocycles. The summed E-state index contributed by atoms with van der Waals surface area (Å²) < 4.78 is 11.0. The maximum atomic E-state index is 12.1. The van der Waals surface area contributed by atoms with Crippen molar-refractivity contribution in [1.82, 2.24) is 5.43 Å². The zero-order valence-electron chi connectivity index (χ0n) is 12.8. The van der Waals surface area contributed by atoms with E-state index in [-0.39, 0.29) is 23.6 Å². The maximum Gasteiger partial charge on any atom is 0.284 e. The second kappa shape index (κ2) is 6.87. The van der Waals surface area contributed by atoms with E-state index < -0.39 is 16.9 Å². The molecule has 2 aromatic carbocycles. The Hall–Kier alpha value is -3.62. The van der Waals surface area contributed by atoms with E-state index in [1.165, 1.54) is 6.07 Å². The molecule has 1 amide bonds. The number of ether oxygens (including phenoxy) is 2. The number of fused-ring (bicyclic) bond motifs is 1. The Bertz CT molecular complexity index is 852. The van der Waals surface area contributed by atoms with E-state index in [1.807, 2.05) is 0 Å². The average molecular weight is 343 g/mol. The lowest BCUT2D eigenvalue weighted by molar-refractivity contribution is -0.384. The molecule has 2 N–H and O–H groups in total. The Morgan fingerprint density at radius 3 is 2.84 bits per heavy atom. The van der Waals surface area contributed by atoms with Crippen LogP contribution in [0.2, 0.25) is 0 Å². The standard InChI is InChI=1S/C16H13N3O6/c20-12-6-5-11(19(22)23)7-10(12)8-17-18-16(21)15-9-24-13-3-1-2-4-14(13)25-15/h1-8,15,20H,9H2,(H,18,21)/t15-/m0/s1. The first-order chi connectivity index (χ1) is 12.0. The summed E-state index contributed by atoms with van der Waals surface area (Å²) in [4.78, 5) is 22.2. The monoisotopic (exact) mass is 343 g/mol. The lowest BCUT2D eigenvalue weighted by Crippen LogP contribution is -2.42. The number of amides is 1. The van der Waals surface area contributed by atoms with Crippen LogP contribution < -0.4 is 14.9 Å². The van der Waals surface area contributed by atoms with Gasteiger partial charge in [0.25, 0.3) is 11.6 Å². The first-order valence-corrected chi connectivity index (χ1v) is 7.23. The van der Waals surface area contributed by atoms with E-state index in [4.69, 9.17) is 9.47 Å². The van der Waals surface area contributed by atoms with Gasteiger partial charge in [0.05, 0.1) is 11.1 Å². The summed E-state index contributed by atoms with van der Waals surface area (Å²) >= 11 is 0. The van der Waals surface area contributed by atoms with Gasteiger partial charge in [0.1, 0.15) is 12.4 Å². The van der Waals surface area contributed by atoms with Crippen LogP contribution in [0.5, 0.6) is 17.2 Å². The van der Waals surface area contributed by atoms with Gasteiger partial charge in [0.2, 0.25) is 6.10 Å². The lowest BCUT2D eigenvalue weighted by Gasteiger charge is -2.24. The van der Waals surface area contributed by atoms with Crippen molar-refractivity contribution in [2.24, 2.45) is 5.10 Å². The zero-order valence-corrected chi connectivity index (χ0v) is 12.8. The molecule has 0 bridgehead atoms. The summed E-state index contributed by atoms with van der Waals surface area (Å²) in [5.74, 6) is 0.260. The number of rotatable bonds is 4. The molecule has 128 valence electrons. The summed E-state index contributed by atoms with van der Waals surface area (Å²) in [5.41, 5.74) is 2.15. The Kier molecular flexibility index (Phi) is 4.46. The smallest absolute Gasteiger partial charge is 0.284 e. The van der Waals surface area contributed by atoms with Crippen LogP contribution >= 0.6 is 0 Å². The van der Waals surface area contributed by atoms with Gasteiger partial charge in [-0.2, -0.15) is 5.10 Å². The van der Waals surface area contributed by atoms with Crippen LogP contribution in [0, 0.1) is 10.1 Å². The highest BCUT2D eigenvalue weighted by atomic mass is 16.6. The van der Waals surface area contributed by atoms with Crippen molar-refractivity contribution in [3.05, 3.63) is 58.1 Å². The minimum atomic E-state index is -0.884. The molecule has 9 heteroatoms. The third-order valence-corrected chi connectivity index (χ3v) is 3.40. The first kappa shape index (κ1) is 16.2. The molecule has 9 nitrogen and oxygen atoms in total. The van der Waals surface area contributed by atoms with E-state index in [0.717, 1.165) is 18.3 Å². The van der Waals surface area contributed by atoms with Crippen LogP contribution in [-0.4, -0.2) is 34.9 Å². The third-order valence-electron chi connectivity index (χ3n) is 3.40. The lowest BCUT2D eigenvalue weighted by atomic mass is 10.2. The van der Waals surface area contributed by atoms with Crippen molar-refractivity contribution in [1.29, 1.82) is 0 Å². The molecular weight excluding hydrogens is 330 g/mol. The number of carbonyl (C=O) groups excluding carboxylic acids is 1. The van der Waals surface area contributed by atoms with Crippen LogP contribution in [-0.2, 0) is 4.79 Å². The minimum absolute atomic E-state index is 0.0282. The van der Waals surface area contributed by atoms with E-state index in [9.17, 15) is 20.0 Å². The number of nitrogens with zero attached hydrogens (tertiary/aromatic N) is 2. The molecule has 1 atom stereocenters. The number of carbonyl (C=O) groups is 1. The van der Waals surface area contributed by atoms with Gasteiger partial charge in [-0.05, 0) is 18.2 Å². The molecule has 0 aromatic heterocycles. The number of non-ortho nitro benzene ring substituents is 1. The van der Waals surface area contributed by atoms with Crippen molar-refractivity contribution in [3.63, 3.8) is 0 Å². The number of nitrogens with one attached hydrogen (secondary N) is 1. The van der Waals surface area contributed by atoms with Gasteiger partial charge in [-0.15, -0.1) is 0 Å². The predicted octanol–water partition coefficient (Wildman–Crippen LogP) is 1.59. The van der Waals surface area contributed by atoms with Crippen molar-refractivity contribution in [2.45, 2.75) is 6.10 Å². The molecule has 25 heavy (non-hydrogen) atoms. The molecular formula is C16H13N3O6. The fourth-order valence-electron chi connectivity index (χ4n) is 2.15. The number of para-hydroxylation sites is 2. The molecule has 0 unspecified atom stereocenters. The molecule has 1 aliphatic heterocycles. The van der Waals surface area contributed by atoms with Gasteiger partial charge in [-0.25, -0.2) is 5.43 Å². The van der Waals surface area contributed by atoms with E-state index in [1.54, 1.807) is 24.3 Å². The fourth-order valence-corrected chi connectivity index (χ4v) is 2.15. The number of phenolic OH excluding ortho intramolecular Hbond substituents is 1. The van der Waals surface area contributed by atoms with E-state index >= 15 is 0 Å². The zero-order chi connectivity index (χ0) is 17.8. The van der Waals surface area contributed by atoms with Gasteiger partial charge >= 0.3 is 0 Å². The number of aromatic hydroxyl groups is 1. The number of hydrazone groups is 1. The number of benzene rings is 2. The van der Waals surface area contributed by atoms with Crippen molar-refractivity contribution < 1.29 is 24.3 Å². The van der Waals surface area contributed by atoms with E-state index in [2.05, 4.69) is 10.5 Å². The molecule has 0 fully saturated rings. The molecule has 0 saturated carbocycles. The Morgan fingerprint density at radius 1 is 1.32 bits per heavy atom. The van der Waals surface area contributed by atoms with Gasteiger partial charge in [0, 0.05) is 17.7 Å². The first-order valence-electron chi connectivity index (χ1n) is 7.23. The van der Waals surface area contributed by atoms with Gasteiger partial charge in [-0.1, -0.05) is 12.1 Å². The molecule has 0 saturated heterocycles. The third kappa shape index (κ3) is 3.66. The van der Waals surface area contributed by atoms with Crippen molar-refractivity contribution >= 4 is 17.8 Å². The van der Waals surface area contributed by atoms with E-state index in [0.29, 0.717) is 11.5 Å². The highest BCUT2D eigenvalue weighted by Crippen LogP contribution is 2.30. The molecule has 0 spiro atoms. The molecule has 0 aliphatic carbocycles. The molecule has 3 rings (SSSR count). The van der Waals surface area contributed by atoms with Gasteiger partial charge in [0.15, 0.2) is 11.5 Å². The second-order valence-electron chi connectivity index (χ2n) is 5.10. The van der Waals surface area contributed by atoms with Gasteiger partial charge in [-0.3, -0.25) is 14.9 Å². The largest absolute Gasteiger partial charge is 0.507 e. The summed E-state index contributed by atoms with van der Waals surface area (Å²) in [6, 6.07) is 10.4. The van der Waals surface area contributed by atoms with Crippen molar-refractivity contribution in [3.8, 4) is 17.2 Å². The summed E-state index contributed by atoms with van der Waals surface area (Å²) in [7, 11) is 0. The summed E-state index contributed by atoms with van der Waals surface area (Å²) in [6.07, 6.45) is 0.225. The minimum Gasteiger partial charge on any atom is -0.507 e. The Morgan fingerprint density at radius 2 is 2.08 bits per heavy atom. The summed E-state index contributed by atoms with van der Waals surface area (Å²) in [6.45, 7) is 0.0282. The Labute approximate surface area is 141 Å². The van der Waals surface area contributed by atoms with Crippen LogP contribution in [0.1, 0.15) is 5.56 Å². The normalized spacial score (nSPS) is 15.8. The fraction of sp³-hybridized carbons (Fsp3) is 0.125. The van der Waals surface area contributed by atoms with Crippen LogP contribution in [0.4, 0.5) is 5.69 Å². The molecule has 1 aliphatic rings. The topological polar surface area (TPSA) is 123 Å². The number of hydrogen-bond donors (Lipinski definition) is 2. The van der Waals surface area contributed by atoms with Crippen molar-refractivity contribution in [2.75, 3.05) is 6.61 Å². The van der Waals surface area contributed by atoms with Gasteiger partial charge < -0.3 is 14.6 Å². The second-order valence-corrected chi connectivity index (χ2v) is 5.10. The predicted molar refractivity (Wildman–Crippen MR) is 86.9 cm³/mol. The Balaban J connectivity index is 1.64. The van der Waals surface area contributed by atoms with Crippen LogP contribution in [0.15, 0.2) is 47.6 Å². The van der Waals surface area contributed by atoms with Crippen LogP contribution in [0.25, 0.3) is 0 Å². The molecule has 0 radical (unpaired) electrons. The maximum absolute atomic E-state index is 12.1. The number of nitro benzene ring substituents is 1. The highest BCUT2D eigenvalue weighted by Gasteiger charge is 2.27. The quantitative estimate of drug-likeness (QED) is 0.494. The number of hydrogen-bond acceptors (Lipinski definition) is 7. The molecule has 2 aromatic rings. The average Bonchev–Trinajstić information content (AvgIpc) is 2.62. The van der Waals surface area contributed by atoms with Crippen LogP contribution in [0.3, 0.4) is 0 Å². The number of nitro groups is 1. The summed E-state index contributed by atoms with van der Waals surface area (Å²) in [5, 5.41) is 24.1. The highest BCUT2D eigenvalue weighted by molar-refractivity contribution is 5.87. The SMILES string of the molecule is O=C(NN=Cc1cc([N+](=O)[O-])ccc1O)[C@@H]1COc2ccccc2O1. The number of phenols is 1.